The first-order chi connectivity index (χ1) is 13.6. The first kappa shape index (κ1) is 30.4. The Bertz CT molecular complexity index is 684. The zero-order valence-corrected chi connectivity index (χ0v) is 15.8. The maximum absolute atomic E-state index is 13.6. The number of likely N-dealkylation sites (N-methyl/N-ethyl adjacent to an activating group) is 1. The van der Waals surface area contributed by atoms with Crippen LogP contribution in [-0.2, 0) is 4.79 Å². The van der Waals surface area contributed by atoms with Crippen molar-refractivity contribution >= 4 is 5.97 Å². The second-order valence-electron chi connectivity index (χ2n) is 7.37. The quantitative estimate of drug-likeness (QED) is 0.310. The van der Waals surface area contributed by atoms with E-state index in [9.17, 15) is 75.8 Å². The summed E-state index contributed by atoms with van der Waals surface area (Å²) in [6.45, 7) is -1.74. The van der Waals surface area contributed by atoms with E-state index in [-0.39, 0.29) is 0 Å². The molecule has 0 aromatic rings. The maximum Gasteiger partial charge on any atom is 0.460 e. The first-order valence-corrected chi connectivity index (χ1v) is 7.98. The lowest BCUT2D eigenvalue weighted by Crippen LogP contribution is -2.72. The van der Waals surface area contributed by atoms with Gasteiger partial charge in [-0.05, 0) is 0 Å². The molecule has 3 nitrogen and oxygen atoms in total. The molecule has 0 amide bonds. The molecular weight excluding hydrogens is 499 g/mol. The third-order valence-electron chi connectivity index (χ3n) is 4.20. The van der Waals surface area contributed by atoms with E-state index < -0.39 is 78.1 Å². The van der Waals surface area contributed by atoms with E-state index in [2.05, 4.69) is 0 Å². The number of halogens is 15. The molecule has 18 heteroatoms. The highest BCUT2D eigenvalue weighted by Gasteiger charge is 2.93. The molecule has 0 aromatic carbocycles. The molecular formula is C14H14F15NO2. The van der Waals surface area contributed by atoms with Crippen LogP contribution in [0.2, 0.25) is 0 Å². The zero-order chi connectivity index (χ0) is 26.4. The van der Waals surface area contributed by atoms with Crippen molar-refractivity contribution in [2.45, 2.75) is 54.6 Å². The molecule has 0 rings (SSSR count). The average Bonchev–Trinajstić information content (AvgIpc) is 2.50. The van der Waals surface area contributed by atoms with Crippen molar-refractivity contribution in [1.29, 1.82) is 0 Å². The van der Waals surface area contributed by atoms with E-state index in [1.54, 1.807) is 0 Å². The topological polar surface area (TPSA) is 40.1 Å². The van der Waals surface area contributed by atoms with Gasteiger partial charge in [0.2, 0.25) is 0 Å². The lowest BCUT2D eigenvalue weighted by Gasteiger charge is -2.41. The molecule has 0 spiro atoms. The zero-order valence-electron chi connectivity index (χ0n) is 15.8. The van der Waals surface area contributed by atoms with Crippen LogP contribution in [0.5, 0.6) is 0 Å². The lowest BCUT2D eigenvalue weighted by atomic mass is 9.89. The smallest absolute Gasteiger partial charge is 0.460 e. The van der Waals surface area contributed by atoms with Crippen LogP contribution in [-0.4, -0.2) is 79.3 Å². The van der Waals surface area contributed by atoms with Gasteiger partial charge in [-0.2, -0.15) is 65.9 Å². The minimum atomic E-state index is -8.31. The third-order valence-corrected chi connectivity index (χ3v) is 4.20. The van der Waals surface area contributed by atoms with Crippen molar-refractivity contribution in [3.05, 3.63) is 0 Å². The molecule has 0 bridgehead atoms. The second kappa shape index (κ2) is 8.30. The molecule has 0 fully saturated rings. The van der Waals surface area contributed by atoms with Crippen molar-refractivity contribution in [2.24, 2.45) is 0 Å². The van der Waals surface area contributed by atoms with Crippen molar-refractivity contribution in [3.63, 3.8) is 0 Å². The number of hydrogen-bond donors (Lipinski definition) is 0. The molecule has 0 saturated heterocycles. The van der Waals surface area contributed by atoms with Crippen molar-refractivity contribution < 1.29 is 80.2 Å². The van der Waals surface area contributed by atoms with Crippen LogP contribution >= 0.6 is 0 Å². The van der Waals surface area contributed by atoms with Gasteiger partial charge in [-0.3, -0.25) is 0 Å². The fourth-order valence-electron chi connectivity index (χ4n) is 2.31. The van der Waals surface area contributed by atoms with Crippen LogP contribution in [0.25, 0.3) is 0 Å². The summed E-state index contributed by atoms with van der Waals surface area (Å²) in [7, 11) is 1.99. The van der Waals surface area contributed by atoms with Gasteiger partial charge in [0, 0.05) is 12.8 Å². The molecule has 0 heterocycles. The van der Waals surface area contributed by atoms with Gasteiger partial charge in [-0.25, -0.2) is 0 Å². The van der Waals surface area contributed by atoms with Crippen LogP contribution in [0.4, 0.5) is 65.9 Å². The number of carbonyl (C=O) groups excluding carboxylic acids is 1. The van der Waals surface area contributed by atoms with Crippen molar-refractivity contribution in [3.8, 4) is 0 Å². The molecule has 0 aliphatic carbocycles. The number of carbonyl (C=O) groups is 1. The average molecular weight is 513 g/mol. The van der Waals surface area contributed by atoms with Crippen molar-refractivity contribution in [2.75, 3.05) is 27.2 Å². The molecule has 0 aromatic heterocycles. The highest BCUT2D eigenvalue weighted by molar-refractivity contribution is 5.65. The standard InChI is InChI=1S/C14H14F15NO2/c1-30(2,6-7(31)32)5-3-4-8(15,16)9(17,18)10(19,20)11(21,22)12(23,24)13(25,26)14(27,28)29/h3-6H2,1-2H3. The van der Waals surface area contributed by atoms with Gasteiger partial charge in [0.1, 0.15) is 6.54 Å². The van der Waals surface area contributed by atoms with Crippen molar-refractivity contribution in [1.82, 2.24) is 0 Å². The summed E-state index contributed by atoms with van der Waals surface area (Å²) in [4.78, 5) is 10.4. The molecule has 0 N–H and O–H groups in total. The van der Waals surface area contributed by atoms with Crippen LogP contribution in [0.3, 0.4) is 0 Å². The summed E-state index contributed by atoms with van der Waals surface area (Å²) in [5.74, 6) is -48.3. The number of rotatable bonds is 11. The van der Waals surface area contributed by atoms with Crippen LogP contribution in [0.15, 0.2) is 0 Å². The van der Waals surface area contributed by atoms with Gasteiger partial charge >= 0.3 is 41.7 Å². The summed E-state index contributed by atoms with van der Waals surface area (Å²) in [6, 6.07) is 0. The first-order valence-electron chi connectivity index (χ1n) is 7.98. The van der Waals surface area contributed by atoms with E-state index in [4.69, 9.17) is 0 Å². The van der Waals surface area contributed by atoms with E-state index in [1.807, 2.05) is 0 Å². The summed E-state index contributed by atoms with van der Waals surface area (Å²) in [5, 5.41) is 10.4. The number of nitrogens with zero attached hydrogens (tertiary/aromatic N) is 1. The van der Waals surface area contributed by atoms with Crippen LogP contribution < -0.4 is 5.11 Å². The van der Waals surface area contributed by atoms with Gasteiger partial charge in [-0.1, -0.05) is 0 Å². The van der Waals surface area contributed by atoms with E-state index >= 15 is 0 Å². The maximum atomic E-state index is 13.6. The molecule has 0 aliphatic heterocycles. The van der Waals surface area contributed by atoms with Gasteiger partial charge in [-0.15, -0.1) is 0 Å². The number of hydrogen-bond acceptors (Lipinski definition) is 2. The largest absolute Gasteiger partial charge is 0.544 e. The third kappa shape index (κ3) is 4.98. The Balaban J connectivity index is 6.03. The summed E-state index contributed by atoms with van der Waals surface area (Å²) >= 11 is 0. The summed E-state index contributed by atoms with van der Waals surface area (Å²) in [6.07, 6.45) is -11.4. The minimum Gasteiger partial charge on any atom is -0.544 e. The number of aliphatic carboxylic acids is 1. The Kier molecular flexibility index (Phi) is 7.88. The Morgan fingerprint density at radius 2 is 1.00 bits per heavy atom. The lowest BCUT2D eigenvalue weighted by molar-refractivity contribution is -0.885. The molecule has 32 heavy (non-hydrogen) atoms. The molecule has 0 atom stereocenters. The molecule has 0 unspecified atom stereocenters. The Morgan fingerprint density at radius 3 is 1.34 bits per heavy atom. The Labute approximate surface area is 169 Å². The van der Waals surface area contributed by atoms with E-state index in [0.29, 0.717) is 0 Å². The van der Waals surface area contributed by atoms with Gasteiger partial charge in [0.05, 0.1) is 26.6 Å². The monoisotopic (exact) mass is 513 g/mol. The normalized spacial score (nSPS) is 15.8. The second-order valence-corrected chi connectivity index (χ2v) is 7.37. The fraction of sp³-hybridized carbons (Fsp3) is 0.929. The van der Waals surface area contributed by atoms with E-state index in [1.165, 1.54) is 0 Å². The Hall–Kier alpha value is -1.62. The number of carboxylic acids is 1. The summed E-state index contributed by atoms with van der Waals surface area (Å²) in [5.41, 5.74) is 0. The molecule has 192 valence electrons. The highest BCUT2D eigenvalue weighted by Crippen LogP contribution is 2.62. The predicted octanol–water partition coefficient (Wildman–Crippen LogP) is 3.97. The Morgan fingerprint density at radius 1 is 0.656 bits per heavy atom. The van der Waals surface area contributed by atoms with Crippen LogP contribution in [0.1, 0.15) is 12.8 Å². The number of alkyl halides is 15. The van der Waals surface area contributed by atoms with Gasteiger partial charge in [0.25, 0.3) is 0 Å². The SMILES string of the molecule is C[N+](C)(CCCC(F)(F)C(F)(F)C(F)(F)C(F)(F)C(F)(F)C(F)(F)C(F)(F)F)CC(=O)[O-]. The minimum absolute atomic E-state index is 0.785. The summed E-state index contributed by atoms with van der Waals surface area (Å²) < 4.78 is 195. The van der Waals surface area contributed by atoms with E-state index in [0.717, 1.165) is 14.1 Å². The fourth-order valence-corrected chi connectivity index (χ4v) is 2.31. The number of quaternary nitrogens is 1. The molecule has 0 aliphatic rings. The highest BCUT2D eigenvalue weighted by atomic mass is 19.4. The van der Waals surface area contributed by atoms with Gasteiger partial charge < -0.3 is 14.4 Å². The van der Waals surface area contributed by atoms with Gasteiger partial charge in [0.15, 0.2) is 0 Å². The predicted molar refractivity (Wildman–Crippen MR) is 71.8 cm³/mol. The van der Waals surface area contributed by atoms with Crippen LogP contribution in [0, 0.1) is 0 Å². The molecule has 0 saturated carbocycles. The molecule has 0 radical (unpaired) electrons. The number of carboxylic acid groups (broad SMARTS) is 1.